The van der Waals surface area contributed by atoms with Gasteiger partial charge in [0.2, 0.25) is 0 Å². The minimum absolute atomic E-state index is 0.161. The van der Waals surface area contributed by atoms with Crippen LogP contribution in [0.25, 0.3) is 0 Å². The van der Waals surface area contributed by atoms with E-state index in [0.717, 1.165) is 37.2 Å². The van der Waals surface area contributed by atoms with Gasteiger partial charge in [0.15, 0.2) is 0 Å². The molecule has 0 aliphatic rings. The summed E-state index contributed by atoms with van der Waals surface area (Å²) in [6, 6.07) is 0. The van der Waals surface area contributed by atoms with Crippen LogP contribution in [-0.2, 0) is 9.47 Å². The van der Waals surface area contributed by atoms with Gasteiger partial charge < -0.3 is 19.7 Å². The number of ether oxygens (including phenoxy) is 2. The normalized spacial score (nSPS) is 13.0. The number of rotatable bonds is 39. The Kier molecular flexibility index (Phi) is 37.6. The molecule has 2 N–H and O–H groups in total. The predicted molar refractivity (Wildman–Crippen MR) is 210 cm³/mol. The van der Waals surface area contributed by atoms with E-state index in [9.17, 15) is 0 Å². The van der Waals surface area contributed by atoms with Crippen molar-refractivity contribution in [1.82, 2.24) is 0 Å². The van der Waals surface area contributed by atoms with Gasteiger partial charge in [-0.3, -0.25) is 0 Å². The minimum Gasteiger partial charge on any atom is -0.379 e. The number of quaternary nitrogens is 1. The molecule has 0 fully saturated rings. The molecule has 4 nitrogen and oxygen atoms in total. The highest BCUT2D eigenvalue weighted by Crippen LogP contribution is 2.13. The lowest BCUT2D eigenvalue weighted by Crippen LogP contribution is -2.50. The summed E-state index contributed by atoms with van der Waals surface area (Å²) in [6.45, 7) is 9.66. The zero-order valence-corrected chi connectivity index (χ0v) is 32.8. The van der Waals surface area contributed by atoms with Gasteiger partial charge in [-0.15, -0.1) is 0 Å². The SMILES string of the molecule is CCCCCCCC/C=C\CCCCCCCCOCC(C[N+](C)(C)CCN)OCCCCCCCC/C=C\CCCCCCCC. The van der Waals surface area contributed by atoms with Gasteiger partial charge in [-0.1, -0.05) is 154 Å². The molecule has 0 saturated heterocycles. The highest BCUT2D eigenvalue weighted by molar-refractivity contribution is 4.82. The van der Waals surface area contributed by atoms with Gasteiger partial charge >= 0.3 is 0 Å². The third kappa shape index (κ3) is 38.0. The fraction of sp³-hybridized carbons (Fsp3) is 0.907. The second-order valence-corrected chi connectivity index (χ2v) is 15.1. The Morgan fingerprint density at radius 2 is 0.851 bits per heavy atom. The van der Waals surface area contributed by atoms with Crippen molar-refractivity contribution in [2.75, 3.05) is 53.6 Å². The van der Waals surface area contributed by atoms with E-state index in [0.29, 0.717) is 13.2 Å². The largest absolute Gasteiger partial charge is 0.379 e. The fourth-order valence-corrected chi connectivity index (χ4v) is 6.41. The fourth-order valence-electron chi connectivity index (χ4n) is 6.41. The topological polar surface area (TPSA) is 44.5 Å². The van der Waals surface area contributed by atoms with Crippen LogP contribution in [0.5, 0.6) is 0 Å². The maximum absolute atomic E-state index is 6.38. The number of hydrogen-bond acceptors (Lipinski definition) is 3. The average Bonchev–Trinajstić information content (AvgIpc) is 3.05. The molecule has 1 unspecified atom stereocenters. The lowest BCUT2D eigenvalue weighted by Gasteiger charge is -2.33. The number of likely N-dealkylation sites (N-methyl/N-ethyl adjacent to an activating group) is 1. The first kappa shape index (κ1) is 46.3. The quantitative estimate of drug-likeness (QED) is 0.0404. The Morgan fingerprint density at radius 1 is 0.489 bits per heavy atom. The first-order valence-corrected chi connectivity index (χ1v) is 21.1. The molecule has 47 heavy (non-hydrogen) atoms. The molecular formula is C43H87N2O2+. The van der Waals surface area contributed by atoms with E-state index in [1.807, 2.05) is 0 Å². The number of hydrogen-bond donors (Lipinski definition) is 1. The molecule has 0 aromatic heterocycles. The van der Waals surface area contributed by atoms with Crippen molar-refractivity contribution in [3.05, 3.63) is 24.3 Å². The summed E-state index contributed by atoms with van der Waals surface area (Å²) in [5.74, 6) is 0. The molecule has 0 aromatic carbocycles. The molecule has 0 aliphatic heterocycles. The number of nitrogens with zero attached hydrogens (tertiary/aromatic N) is 1. The van der Waals surface area contributed by atoms with Crippen LogP contribution in [0.4, 0.5) is 0 Å². The van der Waals surface area contributed by atoms with E-state index in [1.54, 1.807) is 0 Å². The summed E-state index contributed by atoms with van der Waals surface area (Å²) >= 11 is 0. The first-order chi connectivity index (χ1) is 23.1. The number of allylic oxidation sites excluding steroid dienone is 4. The van der Waals surface area contributed by atoms with Crippen molar-refractivity contribution in [1.29, 1.82) is 0 Å². The van der Waals surface area contributed by atoms with Gasteiger partial charge in [0.25, 0.3) is 0 Å². The molecular weight excluding hydrogens is 576 g/mol. The Morgan fingerprint density at radius 3 is 1.26 bits per heavy atom. The lowest BCUT2D eigenvalue weighted by atomic mass is 10.1. The molecule has 0 heterocycles. The summed E-state index contributed by atoms with van der Waals surface area (Å²) in [5, 5.41) is 0. The molecule has 1 atom stereocenters. The molecule has 0 rings (SSSR count). The average molecular weight is 664 g/mol. The predicted octanol–water partition coefficient (Wildman–Crippen LogP) is 12.5. The number of unbranched alkanes of at least 4 members (excludes halogenated alkanes) is 24. The third-order valence-electron chi connectivity index (χ3n) is 9.55. The van der Waals surface area contributed by atoms with E-state index >= 15 is 0 Å². The zero-order valence-electron chi connectivity index (χ0n) is 32.8. The van der Waals surface area contributed by atoms with Crippen molar-refractivity contribution < 1.29 is 14.0 Å². The van der Waals surface area contributed by atoms with Gasteiger partial charge in [0, 0.05) is 19.8 Å². The van der Waals surface area contributed by atoms with E-state index in [-0.39, 0.29) is 6.10 Å². The molecule has 0 spiro atoms. The smallest absolute Gasteiger partial charge is 0.130 e. The molecule has 0 aliphatic carbocycles. The monoisotopic (exact) mass is 664 g/mol. The van der Waals surface area contributed by atoms with Crippen molar-refractivity contribution in [3.8, 4) is 0 Å². The van der Waals surface area contributed by atoms with Gasteiger partial charge in [0.1, 0.15) is 12.6 Å². The Hall–Kier alpha value is -0.680. The Balaban J connectivity index is 3.80. The van der Waals surface area contributed by atoms with E-state index in [1.165, 1.54) is 173 Å². The lowest BCUT2D eigenvalue weighted by molar-refractivity contribution is -0.892. The minimum atomic E-state index is 0.161. The molecule has 0 aromatic rings. The standard InChI is InChI=1S/C43H87N2O2/c1-5-7-9-11-13-15-17-19-21-23-25-27-29-31-33-35-39-46-42-43(41-45(3,4)38-37-44)47-40-36-34-32-30-28-26-24-22-20-18-16-14-12-10-8-6-2/h19-22,43H,5-18,23-42,44H2,1-4H3/q+1/b21-19-,22-20-. The number of nitrogens with two attached hydrogens (primary N) is 1. The van der Waals surface area contributed by atoms with E-state index < -0.39 is 0 Å². The van der Waals surface area contributed by atoms with E-state index in [4.69, 9.17) is 15.2 Å². The van der Waals surface area contributed by atoms with Gasteiger partial charge in [0.05, 0.1) is 27.2 Å². The summed E-state index contributed by atoms with van der Waals surface area (Å²) in [5.41, 5.74) is 5.89. The van der Waals surface area contributed by atoms with Crippen molar-refractivity contribution in [2.24, 2.45) is 5.73 Å². The highest BCUT2D eigenvalue weighted by atomic mass is 16.5. The summed E-state index contributed by atoms with van der Waals surface area (Å²) < 4.78 is 13.4. The molecule has 0 amide bonds. The summed E-state index contributed by atoms with van der Waals surface area (Å²) in [7, 11) is 4.52. The van der Waals surface area contributed by atoms with Crippen molar-refractivity contribution in [3.63, 3.8) is 0 Å². The second-order valence-electron chi connectivity index (χ2n) is 15.1. The maximum atomic E-state index is 6.38. The Bertz CT molecular complexity index is 648. The molecule has 4 heteroatoms. The third-order valence-corrected chi connectivity index (χ3v) is 9.55. The van der Waals surface area contributed by atoms with E-state index in [2.05, 4.69) is 52.2 Å². The van der Waals surface area contributed by atoms with Gasteiger partial charge in [-0.25, -0.2) is 0 Å². The Labute approximate surface area is 296 Å². The van der Waals surface area contributed by atoms with Crippen LogP contribution < -0.4 is 5.73 Å². The van der Waals surface area contributed by atoms with Crippen LogP contribution >= 0.6 is 0 Å². The summed E-state index contributed by atoms with van der Waals surface area (Å²) in [4.78, 5) is 0. The second kappa shape index (κ2) is 38.1. The van der Waals surface area contributed by atoms with Crippen LogP contribution in [-0.4, -0.2) is 64.1 Å². The molecule has 0 saturated carbocycles. The van der Waals surface area contributed by atoms with Crippen LogP contribution in [0.3, 0.4) is 0 Å². The summed E-state index contributed by atoms with van der Waals surface area (Å²) in [6.07, 6.45) is 47.3. The van der Waals surface area contributed by atoms with Crippen molar-refractivity contribution in [2.45, 2.75) is 200 Å². The maximum Gasteiger partial charge on any atom is 0.130 e. The first-order valence-electron chi connectivity index (χ1n) is 21.1. The van der Waals surface area contributed by atoms with Crippen molar-refractivity contribution >= 4 is 0 Å². The van der Waals surface area contributed by atoms with Gasteiger partial charge in [-0.05, 0) is 64.2 Å². The highest BCUT2D eigenvalue weighted by Gasteiger charge is 2.22. The van der Waals surface area contributed by atoms with Crippen LogP contribution in [0.15, 0.2) is 24.3 Å². The van der Waals surface area contributed by atoms with Gasteiger partial charge in [-0.2, -0.15) is 0 Å². The molecule has 0 bridgehead atoms. The zero-order chi connectivity index (χ0) is 34.4. The van der Waals surface area contributed by atoms with Crippen LogP contribution in [0, 0.1) is 0 Å². The van der Waals surface area contributed by atoms with Crippen LogP contribution in [0.1, 0.15) is 194 Å². The molecule has 0 radical (unpaired) electrons. The van der Waals surface area contributed by atoms with Crippen LogP contribution in [0.2, 0.25) is 0 Å². The molecule has 280 valence electrons.